The van der Waals surface area contributed by atoms with E-state index in [4.69, 9.17) is 35.8 Å². The fraction of sp³-hybridized carbons (Fsp3) is 0.500. The Kier molecular flexibility index (Phi) is 26.9. The smallest absolute Gasteiger partial charge is 0.300 e. The molecule has 1 radical (unpaired) electrons. The molecule has 2 fully saturated rings. The topological polar surface area (TPSA) is 147 Å². The van der Waals surface area contributed by atoms with Gasteiger partial charge in [-0.2, -0.15) is 0 Å². The molecule has 0 saturated heterocycles. The van der Waals surface area contributed by atoms with Crippen LogP contribution in [0.3, 0.4) is 0 Å². The van der Waals surface area contributed by atoms with E-state index < -0.39 is 5.97 Å². The van der Waals surface area contributed by atoms with Gasteiger partial charge in [0.2, 0.25) is 0 Å². The van der Waals surface area contributed by atoms with Crippen molar-refractivity contribution in [1.29, 1.82) is 0 Å². The molecule has 0 atom stereocenters. The number of carbonyl (C=O) groups excluding carboxylic acids is 3. The molecule has 0 spiro atoms. The molecular weight excluding hydrogens is 819 g/mol. The summed E-state index contributed by atoms with van der Waals surface area (Å²) in [5, 5.41) is 7.42. The van der Waals surface area contributed by atoms with Gasteiger partial charge in [-0.25, -0.2) is 0 Å². The second kappa shape index (κ2) is 27.2. The van der Waals surface area contributed by atoms with Crippen LogP contribution in [-0.4, -0.2) is 54.1 Å². The van der Waals surface area contributed by atoms with Gasteiger partial charge in [0, 0.05) is 99.7 Å². The zero-order chi connectivity index (χ0) is 35.9. The van der Waals surface area contributed by atoms with Gasteiger partial charge in [-0.3, -0.25) is 14.4 Å². The van der Waals surface area contributed by atoms with E-state index in [9.17, 15) is 0 Å². The van der Waals surface area contributed by atoms with E-state index in [1.807, 2.05) is 20.6 Å². The molecule has 0 aromatic heterocycles. The normalized spacial score (nSPS) is 14.9. The second-order valence-corrected chi connectivity index (χ2v) is 12.3. The maximum atomic E-state index is 9.00. The summed E-state index contributed by atoms with van der Waals surface area (Å²) >= 11 is 0. The minimum absolute atomic E-state index is 0. The maximum Gasteiger partial charge on any atom is 0.300 e. The number of hydrogen-bond acceptors (Lipinski definition) is 8. The van der Waals surface area contributed by atoms with Crippen molar-refractivity contribution in [2.75, 3.05) is 17.3 Å². The van der Waals surface area contributed by atoms with Crippen LogP contribution < -0.4 is 16.4 Å². The first-order valence-electron chi connectivity index (χ1n) is 16.4. The summed E-state index contributed by atoms with van der Waals surface area (Å²) < 4.78 is 0. The Morgan fingerprint density at radius 3 is 1.60 bits per heavy atom. The number of aliphatic carboxylic acids is 1. The molecule has 2 aromatic carbocycles. The summed E-state index contributed by atoms with van der Waals surface area (Å²) in [6.07, 6.45) is 19.1. The van der Waals surface area contributed by atoms with Crippen molar-refractivity contribution in [2.24, 2.45) is 5.73 Å². The number of carboxylic acid groups (broad SMARTS) is 1. The average Bonchev–Trinajstić information content (AvgIpc) is 3.51. The Bertz CT molecular complexity index is 1200. The average molecular weight is 879 g/mol. The van der Waals surface area contributed by atoms with Crippen LogP contribution in [0.1, 0.15) is 98.1 Å². The second-order valence-electron chi connectivity index (χ2n) is 12.3. The van der Waals surface area contributed by atoms with Crippen molar-refractivity contribution in [1.82, 2.24) is 4.90 Å². The van der Waals surface area contributed by atoms with Gasteiger partial charge < -0.3 is 31.2 Å². The monoisotopic (exact) mass is 878 g/mol. The largest absolute Gasteiger partial charge is 0.481 e. The fourth-order valence-electron chi connectivity index (χ4n) is 6.00. The molecule has 2 aromatic rings. The first-order chi connectivity index (χ1) is 22.3. The zero-order valence-corrected chi connectivity index (χ0v) is 35.1. The number of rotatable bonds is 3. The van der Waals surface area contributed by atoms with Gasteiger partial charge >= 0.3 is 0 Å². The third-order valence-electron chi connectivity index (χ3n) is 8.00. The standard InChI is InChI=1S/C18H26N2.C9H13N.C6H12N.C2H4O2.C2H2O2.CH2O.Ac/c1-14-11-15(2)18(16(3)12-14)20-10-9-19(13-20)17-7-5-4-6-8-17;1-6-4-7(2)9(10)8(3)5-6;7-6-4-2-1-3-5-6;1-2(3)4;3-1-2-4;1-2;/h9-12,17H,4-8,13H2,1-3H3;4-5H,10H2,1-3H3;1,6H,2-5,7H2;1H3,(H,3,4);1-2H;1H2;/q;;+1;;;;. The Labute approximate surface area is 325 Å². The van der Waals surface area contributed by atoms with Crippen LogP contribution >= 0.6 is 0 Å². The number of nitrogens with two attached hydrogens (primary N) is 2. The van der Waals surface area contributed by atoms with Crippen molar-refractivity contribution in [3.8, 4) is 0 Å². The maximum absolute atomic E-state index is 9.00. The molecular formula is C38H59AcN4O5+. The van der Waals surface area contributed by atoms with Gasteiger partial charge in [-0.15, -0.1) is 0 Å². The quantitative estimate of drug-likeness (QED) is 0.128. The molecule has 0 unspecified atom stereocenters. The Hall–Kier alpha value is -2.67. The van der Waals surface area contributed by atoms with E-state index in [0.717, 1.165) is 25.3 Å². The summed E-state index contributed by atoms with van der Waals surface area (Å²) in [5.41, 5.74) is 21.5. The minimum Gasteiger partial charge on any atom is -0.481 e. The molecule has 5 rings (SSSR count). The third-order valence-corrected chi connectivity index (χ3v) is 8.00. The van der Waals surface area contributed by atoms with Crippen molar-refractivity contribution in [3.63, 3.8) is 0 Å². The van der Waals surface area contributed by atoms with Gasteiger partial charge in [-0.1, -0.05) is 54.7 Å². The first-order valence-corrected chi connectivity index (χ1v) is 16.4. The summed E-state index contributed by atoms with van der Waals surface area (Å²) in [6, 6.07) is 10.0. The van der Waals surface area contributed by atoms with Crippen LogP contribution in [0.25, 0.3) is 0 Å². The summed E-state index contributed by atoms with van der Waals surface area (Å²) in [6.45, 7) is 16.9. The number of anilines is 2. The van der Waals surface area contributed by atoms with Crippen LogP contribution in [-0.2, 0) is 19.2 Å². The van der Waals surface area contributed by atoms with Gasteiger partial charge in [0.05, 0.1) is 25.9 Å². The Morgan fingerprint density at radius 1 is 0.812 bits per heavy atom. The molecule has 2 aliphatic carbocycles. The number of hydrogen-bond donors (Lipinski definition) is 3. The molecule has 0 bridgehead atoms. The van der Waals surface area contributed by atoms with Crippen LogP contribution in [0.4, 0.5) is 11.4 Å². The zero-order valence-electron chi connectivity index (χ0n) is 30.3. The summed E-state index contributed by atoms with van der Waals surface area (Å²) in [5.74, 6) is -0.833. The number of carboxylic acids is 1. The van der Waals surface area contributed by atoms with E-state index in [1.165, 1.54) is 96.9 Å². The SMILES string of the molecule is C=O.CC(=O)O.Cc1cc(C)c(N)c(C)c1.Cc1cc(C)c(N2C=CN(C3CCCCC3)C2)c(C)c1.NC1CC[CH+]CC1.O=CC=O.[Ac]. The predicted molar refractivity (Wildman–Crippen MR) is 194 cm³/mol. The number of nitrogens with zero attached hydrogens (tertiary/aromatic N) is 2. The molecule has 10 heteroatoms. The number of benzene rings is 2. The van der Waals surface area contributed by atoms with Crippen LogP contribution in [0, 0.1) is 92.0 Å². The van der Waals surface area contributed by atoms with Crippen LogP contribution in [0.2, 0.25) is 0 Å². The van der Waals surface area contributed by atoms with E-state index >= 15 is 0 Å². The molecule has 9 nitrogen and oxygen atoms in total. The van der Waals surface area contributed by atoms with Crippen LogP contribution in [0.5, 0.6) is 0 Å². The summed E-state index contributed by atoms with van der Waals surface area (Å²) in [4.78, 5) is 39.6. The molecule has 1 heterocycles. The molecule has 0 amide bonds. The van der Waals surface area contributed by atoms with Gasteiger partial charge in [0.1, 0.15) is 6.79 Å². The van der Waals surface area contributed by atoms with Gasteiger partial charge in [-0.05, 0) is 76.6 Å². The van der Waals surface area contributed by atoms with Crippen molar-refractivity contribution < 1.29 is 68.3 Å². The van der Waals surface area contributed by atoms with Gasteiger partial charge in [0.15, 0.2) is 12.6 Å². The molecule has 3 aliphatic rings. The summed E-state index contributed by atoms with van der Waals surface area (Å²) in [7, 11) is 0. The molecule has 1 aliphatic heterocycles. The predicted octanol–water partition coefficient (Wildman–Crippen LogP) is 7.07. The van der Waals surface area contributed by atoms with Crippen LogP contribution in [0.15, 0.2) is 36.7 Å². The molecule has 263 valence electrons. The minimum atomic E-state index is -0.833. The van der Waals surface area contributed by atoms with E-state index in [2.05, 4.69) is 80.6 Å². The molecule has 2 saturated carbocycles. The molecule has 5 N–H and O–H groups in total. The first kappa shape index (κ1) is 47.4. The number of aldehydes is 2. The number of carbonyl (C=O) groups is 4. The molecule has 48 heavy (non-hydrogen) atoms. The fourth-order valence-corrected chi connectivity index (χ4v) is 6.00. The van der Waals surface area contributed by atoms with Crippen molar-refractivity contribution >= 4 is 36.7 Å². The Morgan fingerprint density at radius 2 is 1.23 bits per heavy atom. The van der Waals surface area contributed by atoms with Crippen molar-refractivity contribution in [2.45, 2.75) is 118 Å². The third kappa shape index (κ3) is 19.4. The van der Waals surface area contributed by atoms with Crippen molar-refractivity contribution in [3.05, 3.63) is 76.5 Å². The van der Waals surface area contributed by atoms with E-state index in [1.54, 1.807) is 0 Å². The number of aryl methyl sites for hydroxylation is 6. The number of nitrogen functional groups attached to an aromatic ring is 1. The van der Waals surface area contributed by atoms with E-state index in [0.29, 0.717) is 6.04 Å². The van der Waals surface area contributed by atoms with Gasteiger partial charge in [0.25, 0.3) is 5.97 Å². The van der Waals surface area contributed by atoms with E-state index in [-0.39, 0.29) is 56.6 Å². The Balaban J connectivity index is 0.